The molecule has 0 saturated heterocycles. The Labute approximate surface area is 151 Å². The highest BCUT2D eigenvalue weighted by atomic mass is 19.1. The van der Waals surface area contributed by atoms with E-state index in [-0.39, 0.29) is 18.5 Å². The molecule has 1 atom stereocenters. The summed E-state index contributed by atoms with van der Waals surface area (Å²) in [5.41, 5.74) is 2.19. The summed E-state index contributed by atoms with van der Waals surface area (Å²) in [5, 5.41) is 3.45. The van der Waals surface area contributed by atoms with Crippen molar-refractivity contribution in [2.75, 3.05) is 13.3 Å². The number of hydrogen-bond donors (Lipinski definition) is 1. The van der Waals surface area contributed by atoms with Gasteiger partial charge in [-0.25, -0.2) is 4.39 Å². The molecule has 26 heavy (non-hydrogen) atoms. The fraction of sp³-hybridized carbons (Fsp3) is 0.238. The summed E-state index contributed by atoms with van der Waals surface area (Å²) in [6.07, 6.45) is 2.52. The zero-order valence-corrected chi connectivity index (χ0v) is 14.3. The van der Waals surface area contributed by atoms with Crippen LogP contribution in [-0.4, -0.2) is 13.3 Å². The van der Waals surface area contributed by atoms with E-state index in [1.54, 1.807) is 6.26 Å². The maximum atomic E-state index is 13.2. The lowest BCUT2D eigenvalue weighted by atomic mass is 9.93. The van der Waals surface area contributed by atoms with Gasteiger partial charge in [-0.05, 0) is 60.5 Å². The van der Waals surface area contributed by atoms with Gasteiger partial charge in [0, 0.05) is 12.5 Å². The molecule has 0 saturated carbocycles. The second-order valence-corrected chi connectivity index (χ2v) is 6.27. The van der Waals surface area contributed by atoms with Gasteiger partial charge in [-0.2, -0.15) is 0 Å². The van der Waals surface area contributed by atoms with Crippen LogP contribution in [0.15, 0.2) is 65.3 Å². The van der Waals surface area contributed by atoms with Crippen molar-refractivity contribution in [3.63, 3.8) is 0 Å². The topological polar surface area (TPSA) is 43.6 Å². The third-order valence-electron chi connectivity index (χ3n) is 4.53. The molecule has 0 bridgehead atoms. The Morgan fingerprint density at radius 2 is 1.85 bits per heavy atom. The van der Waals surface area contributed by atoms with E-state index in [4.69, 9.17) is 13.9 Å². The standard InChI is InChI=1S/C21H20FNO3/c22-17-6-4-16(5-7-17)18(19-2-1-11-24-19)9-10-23-13-15-3-8-20-21(12-15)26-14-25-20/h1-8,11-12,18,23H,9-10,13-14H2/t18-/m1/s1. The van der Waals surface area contributed by atoms with Crippen molar-refractivity contribution in [3.05, 3.63) is 83.6 Å². The van der Waals surface area contributed by atoms with E-state index in [0.29, 0.717) is 0 Å². The first kappa shape index (κ1) is 16.7. The average Bonchev–Trinajstić information content (AvgIpc) is 3.34. The van der Waals surface area contributed by atoms with Crippen LogP contribution in [0.1, 0.15) is 29.2 Å². The summed E-state index contributed by atoms with van der Waals surface area (Å²) in [4.78, 5) is 0. The Morgan fingerprint density at radius 1 is 1.00 bits per heavy atom. The fourth-order valence-corrected chi connectivity index (χ4v) is 3.19. The molecule has 1 aliphatic heterocycles. The molecule has 0 amide bonds. The predicted molar refractivity (Wildman–Crippen MR) is 95.8 cm³/mol. The number of ether oxygens (including phenoxy) is 2. The summed E-state index contributed by atoms with van der Waals surface area (Å²) in [6, 6.07) is 16.4. The Hall–Kier alpha value is -2.79. The van der Waals surface area contributed by atoms with Gasteiger partial charge in [-0.3, -0.25) is 0 Å². The third kappa shape index (κ3) is 3.73. The zero-order chi connectivity index (χ0) is 17.8. The molecule has 0 radical (unpaired) electrons. The first-order valence-electron chi connectivity index (χ1n) is 8.68. The van der Waals surface area contributed by atoms with Crippen LogP contribution in [0.2, 0.25) is 0 Å². The highest BCUT2D eigenvalue weighted by Crippen LogP contribution is 2.32. The largest absolute Gasteiger partial charge is 0.469 e. The SMILES string of the molecule is Fc1ccc([C@@H](CCNCc2ccc3c(c2)OCO3)c2ccco2)cc1. The quantitative estimate of drug-likeness (QED) is 0.637. The molecule has 134 valence electrons. The maximum Gasteiger partial charge on any atom is 0.231 e. The molecule has 1 aliphatic rings. The molecule has 0 spiro atoms. The second-order valence-electron chi connectivity index (χ2n) is 6.27. The van der Waals surface area contributed by atoms with Gasteiger partial charge in [0.25, 0.3) is 0 Å². The van der Waals surface area contributed by atoms with Crippen LogP contribution in [-0.2, 0) is 6.54 Å². The molecule has 2 heterocycles. The average molecular weight is 353 g/mol. The van der Waals surface area contributed by atoms with E-state index in [0.717, 1.165) is 47.9 Å². The number of furan rings is 1. The molecule has 1 aromatic heterocycles. The van der Waals surface area contributed by atoms with Crippen molar-refractivity contribution in [3.8, 4) is 11.5 Å². The normalized spacial score (nSPS) is 13.7. The predicted octanol–water partition coefficient (Wildman–Crippen LogP) is 4.46. The molecule has 5 heteroatoms. The first-order chi connectivity index (χ1) is 12.8. The number of fused-ring (bicyclic) bond motifs is 1. The van der Waals surface area contributed by atoms with Crippen LogP contribution in [0.5, 0.6) is 11.5 Å². The highest BCUT2D eigenvalue weighted by molar-refractivity contribution is 5.44. The molecule has 3 aromatic rings. The van der Waals surface area contributed by atoms with Gasteiger partial charge in [-0.15, -0.1) is 0 Å². The lowest BCUT2D eigenvalue weighted by molar-refractivity contribution is 0.174. The van der Waals surface area contributed by atoms with Crippen molar-refractivity contribution in [2.45, 2.75) is 18.9 Å². The van der Waals surface area contributed by atoms with Gasteiger partial charge in [0.1, 0.15) is 11.6 Å². The maximum absolute atomic E-state index is 13.2. The second kappa shape index (κ2) is 7.62. The summed E-state index contributed by atoms with van der Waals surface area (Å²) in [5.74, 6) is 2.34. The number of halogens is 1. The smallest absolute Gasteiger partial charge is 0.231 e. The third-order valence-corrected chi connectivity index (χ3v) is 4.53. The Kier molecular flexibility index (Phi) is 4.88. The van der Waals surface area contributed by atoms with Crippen molar-refractivity contribution in [2.24, 2.45) is 0 Å². The molecule has 2 aromatic carbocycles. The number of benzene rings is 2. The van der Waals surface area contributed by atoms with E-state index in [2.05, 4.69) is 5.32 Å². The van der Waals surface area contributed by atoms with Crippen LogP contribution < -0.4 is 14.8 Å². The minimum atomic E-state index is -0.229. The van der Waals surface area contributed by atoms with Gasteiger partial charge in [-0.1, -0.05) is 18.2 Å². The molecule has 0 aliphatic carbocycles. The van der Waals surface area contributed by atoms with Crippen LogP contribution in [0, 0.1) is 5.82 Å². The Morgan fingerprint density at radius 3 is 2.65 bits per heavy atom. The summed E-state index contributed by atoms with van der Waals surface area (Å²) in [7, 11) is 0. The monoisotopic (exact) mass is 353 g/mol. The molecule has 4 rings (SSSR count). The van der Waals surface area contributed by atoms with E-state index < -0.39 is 0 Å². The number of hydrogen-bond acceptors (Lipinski definition) is 4. The van der Waals surface area contributed by atoms with Crippen LogP contribution in [0.4, 0.5) is 4.39 Å². The lowest BCUT2D eigenvalue weighted by Gasteiger charge is -2.16. The van der Waals surface area contributed by atoms with Crippen LogP contribution in [0.3, 0.4) is 0 Å². The summed E-state index contributed by atoms with van der Waals surface area (Å²) in [6.45, 7) is 1.83. The van der Waals surface area contributed by atoms with Crippen LogP contribution in [0.25, 0.3) is 0 Å². The van der Waals surface area contributed by atoms with Crippen molar-refractivity contribution < 1.29 is 18.3 Å². The highest BCUT2D eigenvalue weighted by Gasteiger charge is 2.17. The minimum absolute atomic E-state index is 0.0925. The molecule has 4 nitrogen and oxygen atoms in total. The van der Waals surface area contributed by atoms with Crippen LogP contribution >= 0.6 is 0 Å². The minimum Gasteiger partial charge on any atom is -0.469 e. The van der Waals surface area contributed by atoms with Crippen molar-refractivity contribution in [1.29, 1.82) is 0 Å². The summed E-state index contributed by atoms with van der Waals surface area (Å²) < 4.78 is 29.6. The van der Waals surface area contributed by atoms with Gasteiger partial charge < -0.3 is 19.2 Å². The Bertz CT molecular complexity index is 846. The lowest BCUT2D eigenvalue weighted by Crippen LogP contribution is -2.17. The van der Waals surface area contributed by atoms with Gasteiger partial charge in [0.2, 0.25) is 6.79 Å². The van der Waals surface area contributed by atoms with E-state index >= 15 is 0 Å². The fourth-order valence-electron chi connectivity index (χ4n) is 3.19. The molecule has 0 unspecified atom stereocenters. The molecular formula is C21H20FNO3. The molecule has 1 N–H and O–H groups in total. The summed E-state index contributed by atoms with van der Waals surface area (Å²) >= 11 is 0. The number of nitrogens with one attached hydrogen (secondary N) is 1. The van der Waals surface area contributed by atoms with E-state index in [1.807, 2.05) is 42.5 Å². The van der Waals surface area contributed by atoms with Gasteiger partial charge in [0.05, 0.1) is 6.26 Å². The van der Waals surface area contributed by atoms with Crippen molar-refractivity contribution in [1.82, 2.24) is 5.32 Å². The Balaban J connectivity index is 1.37. The number of rotatable bonds is 7. The first-order valence-corrected chi connectivity index (χ1v) is 8.68. The van der Waals surface area contributed by atoms with E-state index in [1.165, 1.54) is 12.1 Å². The van der Waals surface area contributed by atoms with Crippen molar-refractivity contribution >= 4 is 0 Å². The van der Waals surface area contributed by atoms with Gasteiger partial charge >= 0.3 is 0 Å². The molecular weight excluding hydrogens is 333 g/mol. The zero-order valence-electron chi connectivity index (χ0n) is 14.3. The molecule has 0 fully saturated rings. The van der Waals surface area contributed by atoms with Gasteiger partial charge in [0.15, 0.2) is 11.5 Å². The van der Waals surface area contributed by atoms with E-state index in [9.17, 15) is 4.39 Å².